The molecule has 0 unspecified atom stereocenters. The molecule has 0 aliphatic carbocycles. The second kappa shape index (κ2) is 5.27. The number of aromatic nitrogens is 1. The van der Waals surface area contributed by atoms with Gasteiger partial charge >= 0.3 is 12.2 Å². The topological polar surface area (TPSA) is 54.0 Å². The molecule has 0 aliphatic rings. The number of nitrogens with zero attached hydrogens (tertiary/aromatic N) is 1. The van der Waals surface area contributed by atoms with Gasteiger partial charge in [-0.2, -0.15) is 13.2 Å². The van der Waals surface area contributed by atoms with E-state index in [9.17, 15) is 18.0 Å². The molecule has 2 aromatic rings. The Morgan fingerprint density at radius 3 is 2.37 bits per heavy atom. The quantitative estimate of drug-likeness (QED) is 0.882. The van der Waals surface area contributed by atoms with Crippen LogP contribution >= 0.6 is 11.3 Å². The Balaban J connectivity index is 1.98. The van der Waals surface area contributed by atoms with E-state index in [1.54, 1.807) is 5.38 Å². The first-order valence-electron chi connectivity index (χ1n) is 5.10. The normalized spacial score (nSPS) is 11.1. The number of nitrogens with one attached hydrogen (secondary N) is 2. The lowest BCUT2D eigenvalue weighted by molar-refractivity contribution is -0.137. The van der Waals surface area contributed by atoms with Crippen molar-refractivity contribution in [2.24, 2.45) is 0 Å². The summed E-state index contributed by atoms with van der Waals surface area (Å²) >= 11 is 1.24. The number of carbonyl (C=O) groups excluding carboxylic acids is 1. The number of alkyl halides is 3. The van der Waals surface area contributed by atoms with Crippen LogP contribution in [0.25, 0.3) is 0 Å². The van der Waals surface area contributed by atoms with Crippen LogP contribution in [0, 0.1) is 0 Å². The number of thiazole rings is 1. The number of hydrogen-bond acceptors (Lipinski definition) is 3. The Morgan fingerprint density at radius 1 is 1.16 bits per heavy atom. The molecule has 0 atom stereocenters. The first-order chi connectivity index (χ1) is 8.95. The average Bonchev–Trinajstić information content (AvgIpc) is 2.81. The van der Waals surface area contributed by atoms with Crippen molar-refractivity contribution < 1.29 is 18.0 Å². The third-order valence-corrected chi connectivity index (χ3v) is 2.81. The van der Waals surface area contributed by atoms with Crippen molar-refractivity contribution in [1.29, 1.82) is 0 Å². The van der Waals surface area contributed by atoms with E-state index >= 15 is 0 Å². The third kappa shape index (κ3) is 3.68. The third-order valence-electron chi connectivity index (χ3n) is 2.12. The van der Waals surface area contributed by atoms with Crippen LogP contribution in [0.5, 0.6) is 0 Å². The minimum absolute atomic E-state index is 0.266. The van der Waals surface area contributed by atoms with Crippen molar-refractivity contribution in [3.63, 3.8) is 0 Å². The van der Waals surface area contributed by atoms with Gasteiger partial charge in [-0.25, -0.2) is 9.78 Å². The summed E-state index contributed by atoms with van der Waals surface area (Å²) in [4.78, 5) is 15.3. The summed E-state index contributed by atoms with van der Waals surface area (Å²) in [5.74, 6) is 0. The van der Waals surface area contributed by atoms with Crippen LogP contribution in [0.3, 0.4) is 0 Å². The maximum Gasteiger partial charge on any atom is 0.416 e. The highest BCUT2D eigenvalue weighted by atomic mass is 32.1. The van der Waals surface area contributed by atoms with Gasteiger partial charge in [0.15, 0.2) is 5.13 Å². The Morgan fingerprint density at radius 2 is 1.84 bits per heavy atom. The van der Waals surface area contributed by atoms with E-state index in [1.807, 2.05) is 0 Å². The van der Waals surface area contributed by atoms with Crippen LogP contribution in [-0.2, 0) is 6.18 Å². The molecule has 2 amide bonds. The van der Waals surface area contributed by atoms with Gasteiger partial charge in [-0.15, -0.1) is 11.3 Å². The van der Waals surface area contributed by atoms with Gasteiger partial charge < -0.3 is 5.32 Å². The van der Waals surface area contributed by atoms with Crippen LogP contribution < -0.4 is 10.6 Å². The fraction of sp³-hybridized carbons (Fsp3) is 0.0909. The van der Waals surface area contributed by atoms with Crippen LogP contribution in [0.2, 0.25) is 0 Å². The van der Waals surface area contributed by atoms with Crippen LogP contribution in [-0.4, -0.2) is 11.0 Å². The molecule has 0 spiro atoms. The van der Waals surface area contributed by atoms with Crippen molar-refractivity contribution in [3.05, 3.63) is 41.4 Å². The molecular weight excluding hydrogens is 279 g/mol. The van der Waals surface area contributed by atoms with E-state index < -0.39 is 17.8 Å². The van der Waals surface area contributed by atoms with Gasteiger partial charge in [0, 0.05) is 17.3 Å². The Bertz CT molecular complexity index is 552. The van der Waals surface area contributed by atoms with Gasteiger partial charge in [0.2, 0.25) is 0 Å². The molecule has 0 bridgehead atoms. The van der Waals surface area contributed by atoms with Gasteiger partial charge in [0.25, 0.3) is 0 Å². The number of rotatable bonds is 2. The zero-order valence-electron chi connectivity index (χ0n) is 9.36. The van der Waals surface area contributed by atoms with Crippen LogP contribution in [0.1, 0.15) is 5.56 Å². The number of amides is 2. The van der Waals surface area contributed by atoms with Crippen LogP contribution in [0.15, 0.2) is 35.8 Å². The molecule has 0 saturated heterocycles. The van der Waals surface area contributed by atoms with Gasteiger partial charge in [-0.1, -0.05) is 0 Å². The van der Waals surface area contributed by atoms with Crippen LogP contribution in [0.4, 0.5) is 28.8 Å². The molecule has 0 saturated carbocycles. The summed E-state index contributed by atoms with van der Waals surface area (Å²) < 4.78 is 37.0. The maximum absolute atomic E-state index is 12.3. The highest BCUT2D eigenvalue weighted by Gasteiger charge is 2.29. The highest BCUT2D eigenvalue weighted by Crippen LogP contribution is 2.29. The largest absolute Gasteiger partial charge is 0.416 e. The number of benzene rings is 1. The molecule has 1 aromatic heterocycles. The summed E-state index contributed by atoms with van der Waals surface area (Å²) in [5.41, 5.74) is -0.500. The zero-order chi connectivity index (χ0) is 13.9. The molecule has 1 heterocycles. The lowest BCUT2D eigenvalue weighted by Crippen LogP contribution is -2.19. The molecule has 100 valence electrons. The summed E-state index contributed by atoms with van der Waals surface area (Å²) in [6.45, 7) is 0. The van der Waals surface area contributed by atoms with Crippen molar-refractivity contribution >= 4 is 28.2 Å². The van der Waals surface area contributed by atoms with Gasteiger partial charge in [-0.05, 0) is 24.3 Å². The second-order valence-corrected chi connectivity index (χ2v) is 4.39. The Hall–Kier alpha value is -2.09. The lowest BCUT2D eigenvalue weighted by Gasteiger charge is -2.08. The van der Waals surface area contributed by atoms with E-state index in [4.69, 9.17) is 0 Å². The molecule has 4 nitrogen and oxygen atoms in total. The number of halogens is 3. The van der Waals surface area contributed by atoms with E-state index in [0.29, 0.717) is 5.13 Å². The number of carbonyl (C=O) groups is 1. The fourth-order valence-corrected chi connectivity index (χ4v) is 1.81. The summed E-state index contributed by atoms with van der Waals surface area (Å²) in [5, 5.41) is 6.95. The molecule has 0 aliphatic heterocycles. The summed E-state index contributed by atoms with van der Waals surface area (Å²) in [6.07, 6.45) is -2.86. The Labute approximate surface area is 110 Å². The second-order valence-electron chi connectivity index (χ2n) is 3.49. The van der Waals surface area contributed by atoms with E-state index in [2.05, 4.69) is 15.6 Å². The molecule has 1 aromatic carbocycles. The van der Waals surface area contributed by atoms with Gasteiger partial charge in [0.1, 0.15) is 0 Å². The zero-order valence-corrected chi connectivity index (χ0v) is 10.2. The van der Waals surface area contributed by atoms with Crippen molar-refractivity contribution in [2.75, 3.05) is 10.6 Å². The van der Waals surface area contributed by atoms with E-state index in [-0.39, 0.29) is 5.69 Å². The first kappa shape index (κ1) is 13.3. The molecule has 2 rings (SSSR count). The molecule has 8 heteroatoms. The molecule has 0 radical (unpaired) electrons. The smallest absolute Gasteiger partial charge is 0.308 e. The lowest BCUT2D eigenvalue weighted by atomic mass is 10.2. The first-order valence-corrected chi connectivity index (χ1v) is 5.98. The van der Waals surface area contributed by atoms with Gasteiger partial charge in [-0.3, -0.25) is 5.32 Å². The predicted octanol–water partition coefficient (Wildman–Crippen LogP) is 3.81. The summed E-state index contributed by atoms with van der Waals surface area (Å²) in [6, 6.07) is 3.61. The average molecular weight is 287 g/mol. The fourth-order valence-electron chi connectivity index (χ4n) is 1.29. The van der Waals surface area contributed by atoms with E-state index in [1.165, 1.54) is 29.7 Å². The molecule has 2 N–H and O–H groups in total. The number of anilines is 2. The predicted molar refractivity (Wildman–Crippen MR) is 66.2 cm³/mol. The highest BCUT2D eigenvalue weighted by molar-refractivity contribution is 7.13. The summed E-state index contributed by atoms with van der Waals surface area (Å²) in [7, 11) is 0. The van der Waals surface area contributed by atoms with E-state index in [0.717, 1.165) is 12.1 Å². The maximum atomic E-state index is 12.3. The molecule has 19 heavy (non-hydrogen) atoms. The Kier molecular flexibility index (Phi) is 3.70. The van der Waals surface area contributed by atoms with Crippen molar-refractivity contribution in [3.8, 4) is 0 Å². The van der Waals surface area contributed by atoms with Crippen molar-refractivity contribution in [1.82, 2.24) is 4.98 Å². The van der Waals surface area contributed by atoms with Crippen molar-refractivity contribution in [2.45, 2.75) is 6.18 Å². The molecular formula is C11H8F3N3OS. The minimum atomic E-state index is -4.39. The standard InChI is InChI=1S/C11H8F3N3OS/c12-11(13,14)7-1-3-8(4-2-7)16-9(18)17-10-15-5-6-19-10/h1-6H,(H2,15,16,17,18). The SMILES string of the molecule is O=C(Nc1ccc(C(F)(F)F)cc1)Nc1nccs1. The minimum Gasteiger partial charge on any atom is -0.308 e. The number of hydrogen-bond donors (Lipinski definition) is 2. The van der Waals surface area contributed by atoms with Gasteiger partial charge in [0.05, 0.1) is 5.56 Å². The monoisotopic (exact) mass is 287 g/mol. The molecule has 0 fully saturated rings. The number of urea groups is 1.